The smallest absolute Gasteiger partial charge is 0.322 e. The number of carbonyl (C=O) groups is 4. The van der Waals surface area contributed by atoms with Gasteiger partial charge in [-0.1, -0.05) is 27.7 Å². The van der Waals surface area contributed by atoms with Crippen molar-refractivity contribution in [2.45, 2.75) is 45.8 Å². The fraction of sp³-hybridized carbons (Fsp3) is 0.733. The Morgan fingerprint density at radius 2 is 1.48 bits per heavy atom. The molecule has 0 aliphatic rings. The third kappa shape index (κ3) is 7.94. The Morgan fingerprint density at radius 1 is 0.920 bits per heavy atom. The molecule has 0 aromatic carbocycles. The molecule has 3 unspecified atom stereocenters. The Balaban J connectivity index is 4.92. The van der Waals surface area contributed by atoms with Gasteiger partial charge in [0.05, 0.1) is 12.6 Å². The van der Waals surface area contributed by atoms with Crippen molar-refractivity contribution in [1.29, 1.82) is 0 Å². The summed E-state index contributed by atoms with van der Waals surface area (Å²) in [6.45, 7) is 5.53. The van der Waals surface area contributed by atoms with Gasteiger partial charge in [-0.2, -0.15) is 0 Å². The van der Waals surface area contributed by atoms with Crippen molar-refractivity contribution >= 4 is 23.7 Å². The lowest BCUT2D eigenvalue weighted by Gasteiger charge is -2.25. The first-order valence-electron chi connectivity index (χ1n) is 7.97. The number of carbonyl (C=O) groups excluding carboxylic acids is 3. The number of aliphatic carboxylic acids is 1. The number of aliphatic hydroxyl groups excluding tert-OH is 1. The predicted molar refractivity (Wildman–Crippen MR) is 89.2 cm³/mol. The van der Waals surface area contributed by atoms with Crippen molar-refractivity contribution in [2.75, 3.05) is 13.2 Å². The molecule has 0 fully saturated rings. The zero-order chi connectivity index (χ0) is 19.7. The van der Waals surface area contributed by atoms with E-state index in [1.165, 1.54) is 0 Å². The molecule has 0 heterocycles. The van der Waals surface area contributed by atoms with Crippen LogP contribution < -0.4 is 21.7 Å². The topological polar surface area (TPSA) is 171 Å². The second-order valence-corrected chi connectivity index (χ2v) is 6.36. The maximum atomic E-state index is 12.2. The van der Waals surface area contributed by atoms with Crippen LogP contribution in [0.1, 0.15) is 27.7 Å². The third-order valence-electron chi connectivity index (χ3n) is 3.50. The quantitative estimate of drug-likeness (QED) is 0.256. The molecule has 0 aromatic heterocycles. The summed E-state index contributed by atoms with van der Waals surface area (Å²) in [5.74, 6) is -3.76. The maximum Gasteiger partial charge on any atom is 0.322 e. The fourth-order valence-electron chi connectivity index (χ4n) is 1.83. The van der Waals surface area contributed by atoms with E-state index in [0.717, 1.165) is 0 Å². The molecule has 0 aromatic rings. The molecular weight excluding hydrogens is 332 g/mol. The largest absolute Gasteiger partial charge is 0.480 e. The van der Waals surface area contributed by atoms with Crippen LogP contribution in [0.3, 0.4) is 0 Å². The summed E-state index contributed by atoms with van der Waals surface area (Å²) < 4.78 is 0. The minimum Gasteiger partial charge on any atom is -0.480 e. The van der Waals surface area contributed by atoms with Crippen LogP contribution in [-0.4, -0.2) is 65.2 Å². The van der Waals surface area contributed by atoms with Crippen LogP contribution in [-0.2, 0) is 19.2 Å². The highest BCUT2D eigenvalue weighted by Gasteiger charge is 2.29. The molecule has 0 bridgehead atoms. The summed E-state index contributed by atoms with van der Waals surface area (Å²) in [5.41, 5.74) is 5.68. The highest BCUT2D eigenvalue weighted by molar-refractivity contribution is 5.93. The Hall–Kier alpha value is -2.20. The maximum absolute atomic E-state index is 12.2. The Morgan fingerprint density at radius 3 is 1.88 bits per heavy atom. The van der Waals surface area contributed by atoms with E-state index in [0.29, 0.717) is 0 Å². The summed E-state index contributed by atoms with van der Waals surface area (Å²) in [5, 5.41) is 24.8. The molecule has 0 rings (SSSR count). The molecular formula is C15H28N4O6. The Kier molecular flexibility index (Phi) is 9.69. The van der Waals surface area contributed by atoms with Crippen LogP contribution in [0.25, 0.3) is 0 Å². The van der Waals surface area contributed by atoms with E-state index < -0.39 is 55.0 Å². The molecule has 10 heteroatoms. The minimum atomic E-state index is -1.27. The molecule has 3 atom stereocenters. The number of rotatable bonds is 10. The van der Waals surface area contributed by atoms with Crippen molar-refractivity contribution in [3.05, 3.63) is 0 Å². The number of nitrogens with one attached hydrogen (secondary N) is 3. The predicted octanol–water partition coefficient (Wildman–Crippen LogP) is -2.21. The summed E-state index contributed by atoms with van der Waals surface area (Å²) >= 11 is 0. The Bertz CT molecular complexity index is 494. The van der Waals surface area contributed by atoms with E-state index >= 15 is 0 Å². The van der Waals surface area contributed by atoms with E-state index in [-0.39, 0.29) is 11.8 Å². The van der Waals surface area contributed by atoms with Gasteiger partial charge in [-0.3, -0.25) is 19.2 Å². The number of carboxylic acids is 1. The average Bonchev–Trinajstić information content (AvgIpc) is 2.53. The number of hydrogen-bond donors (Lipinski definition) is 6. The van der Waals surface area contributed by atoms with Crippen LogP contribution in [0.5, 0.6) is 0 Å². The Labute approximate surface area is 146 Å². The number of amides is 3. The van der Waals surface area contributed by atoms with Gasteiger partial charge in [-0.05, 0) is 11.8 Å². The van der Waals surface area contributed by atoms with Gasteiger partial charge in [-0.25, -0.2) is 0 Å². The molecule has 25 heavy (non-hydrogen) atoms. The summed E-state index contributed by atoms with van der Waals surface area (Å²) in [6, 6.07) is -3.14. The van der Waals surface area contributed by atoms with Crippen LogP contribution in [0.4, 0.5) is 0 Å². The first-order valence-corrected chi connectivity index (χ1v) is 7.97. The van der Waals surface area contributed by atoms with Crippen LogP contribution in [0, 0.1) is 11.8 Å². The molecule has 0 aliphatic heterocycles. The van der Waals surface area contributed by atoms with Gasteiger partial charge in [0.15, 0.2) is 0 Å². The molecule has 3 amide bonds. The van der Waals surface area contributed by atoms with Crippen molar-refractivity contribution in [3.8, 4) is 0 Å². The first-order chi connectivity index (χ1) is 11.5. The highest BCUT2D eigenvalue weighted by Crippen LogP contribution is 2.03. The van der Waals surface area contributed by atoms with E-state index in [1.807, 2.05) is 0 Å². The zero-order valence-electron chi connectivity index (χ0n) is 14.9. The molecule has 7 N–H and O–H groups in total. The zero-order valence-corrected chi connectivity index (χ0v) is 14.9. The van der Waals surface area contributed by atoms with Crippen molar-refractivity contribution < 1.29 is 29.4 Å². The third-order valence-corrected chi connectivity index (χ3v) is 3.50. The van der Waals surface area contributed by atoms with Gasteiger partial charge in [0.2, 0.25) is 17.7 Å². The van der Waals surface area contributed by atoms with Gasteiger partial charge in [0, 0.05) is 0 Å². The van der Waals surface area contributed by atoms with Crippen LogP contribution >= 0.6 is 0 Å². The van der Waals surface area contributed by atoms with Crippen molar-refractivity contribution in [1.82, 2.24) is 16.0 Å². The molecule has 0 spiro atoms. The number of nitrogens with two attached hydrogens (primary N) is 1. The molecule has 0 saturated carbocycles. The number of hydrogen-bond acceptors (Lipinski definition) is 6. The highest BCUT2D eigenvalue weighted by atomic mass is 16.4. The minimum absolute atomic E-state index is 0.160. The standard InChI is InChI=1S/C15H28N4O6/c1-7(2)11(16)14(24)18-9(6-20)13(23)19-12(8(3)4)15(25)17-5-10(21)22/h7-9,11-12,20H,5-6,16H2,1-4H3,(H,17,25)(H,18,24)(H,19,23)(H,21,22). The lowest BCUT2D eigenvalue weighted by Crippen LogP contribution is -2.58. The second-order valence-electron chi connectivity index (χ2n) is 6.36. The molecule has 144 valence electrons. The summed E-state index contributed by atoms with van der Waals surface area (Å²) in [7, 11) is 0. The van der Waals surface area contributed by atoms with E-state index in [4.69, 9.17) is 10.8 Å². The molecule has 10 nitrogen and oxygen atoms in total. The average molecular weight is 360 g/mol. The molecule has 0 aliphatic carbocycles. The number of carboxylic acid groups (broad SMARTS) is 1. The lowest BCUT2D eigenvalue weighted by molar-refractivity contribution is -0.139. The van der Waals surface area contributed by atoms with Crippen molar-refractivity contribution in [2.24, 2.45) is 17.6 Å². The summed E-state index contributed by atoms with van der Waals surface area (Å²) in [4.78, 5) is 46.7. The van der Waals surface area contributed by atoms with Gasteiger partial charge in [0.25, 0.3) is 0 Å². The monoisotopic (exact) mass is 360 g/mol. The van der Waals surface area contributed by atoms with Crippen molar-refractivity contribution in [3.63, 3.8) is 0 Å². The van der Waals surface area contributed by atoms with E-state index in [1.54, 1.807) is 27.7 Å². The normalized spacial score (nSPS) is 14.6. The lowest BCUT2D eigenvalue weighted by atomic mass is 10.0. The first kappa shape index (κ1) is 22.8. The van der Waals surface area contributed by atoms with Crippen LogP contribution in [0.15, 0.2) is 0 Å². The fourth-order valence-corrected chi connectivity index (χ4v) is 1.83. The van der Waals surface area contributed by atoms with Gasteiger partial charge >= 0.3 is 5.97 Å². The van der Waals surface area contributed by atoms with Gasteiger partial charge in [-0.15, -0.1) is 0 Å². The molecule has 0 radical (unpaired) electrons. The van der Waals surface area contributed by atoms with Crippen LogP contribution in [0.2, 0.25) is 0 Å². The molecule has 0 saturated heterocycles. The van der Waals surface area contributed by atoms with E-state index in [9.17, 15) is 24.3 Å². The van der Waals surface area contributed by atoms with Gasteiger partial charge < -0.3 is 31.9 Å². The van der Waals surface area contributed by atoms with Gasteiger partial charge in [0.1, 0.15) is 18.6 Å². The summed E-state index contributed by atoms with van der Waals surface area (Å²) in [6.07, 6.45) is 0. The number of aliphatic hydroxyl groups is 1. The second kappa shape index (κ2) is 10.6. The SMILES string of the molecule is CC(C)C(N)C(=O)NC(CO)C(=O)NC(C(=O)NCC(=O)O)C(C)C. The van der Waals surface area contributed by atoms with E-state index in [2.05, 4.69) is 16.0 Å².